The highest BCUT2D eigenvalue weighted by molar-refractivity contribution is 6.04. The fraction of sp³-hybridized carbons (Fsp3) is 0.286. The zero-order valence-electron chi connectivity index (χ0n) is 19.6. The molecule has 0 fully saturated rings. The number of allylic oxidation sites excluding steroid dienone is 1. The third-order valence-corrected chi connectivity index (χ3v) is 5.24. The van der Waals surface area contributed by atoms with E-state index in [4.69, 9.17) is 4.74 Å². The first kappa shape index (κ1) is 23.3. The number of carbonyl (C=O) groups is 1. The summed E-state index contributed by atoms with van der Waals surface area (Å²) in [5.41, 5.74) is 4.01. The van der Waals surface area contributed by atoms with Gasteiger partial charge in [0.1, 0.15) is 12.4 Å². The Morgan fingerprint density at radius 3 is 2.12 bits per heavy atom. The van der Waals surface area contributed by atoms with Gasteiger partial charge in [-0.05, 0) is 40.8 Å². The summed E-state index contributed by atoms with van der Waals surface area (Å²) in [7, 11) is 3.80. The van der Waals surface area contributed by atoms with E-state index in [9.17, 15) is 4.79 Å². The largest absolute Gasteiger partial charge is 0.487 e. The van der Waals surface area contributed by atoms with Crippen molar-refractivity contribution in [3.05, 3.63) is 108 Å². The minimum absolute atomic E-state index is 0.00645. The maximum Gasteiger partial charge on any atom is 0.187 e. The summed E-state index contributed by atoms with van der Waals surface area (Å²) in [5.74, 6) is 1.02. The first-order valence-electron chi connectivity index (χ1n) is 10.9. The average molecular weight is 429 g/mol. The van der Waals surface area contributed by atoms with E-state index in [0.717, 1.165) is 11.4 Å². The molecule has 0 saturated heterocycles. The van der Waals surface area contributed by atoms with Gasteiger partial charge in [0.2, 0.25) is 0 Å². The number of hydrogen-bond donors (Lipinski definition) is 0. The van der Waals surface area contributed by atoms with E-state index in [2.05, 4.69) is 50.0 Å². The molecule has 3 rings (SSSR count). The predicted molar refractivity (Wildman–Crippen MR) is 130 cm³/mol. The second-order valence-electron chi connectivity index (χ2n) is 9.24. The summed E-state index contributed by atoms with van der Waals surface area (Å²) in [5, 5.41) is 0. The molecule has 4 heteroatoms. The zero-order chi connectivity index (χ0) is 23.1. The number of ketones is 1. The topological polar surface area (TPSA) is 42.4 Å². The standard InChI is InChI=1S/C28H32N2O2/c1-28(2,3)27(22-11-9-21(10-12-22)26(31)17-19-30(4)5)23-13-15-25(16-14-23)32-20-24-8-6-7-18-29-24/h6-19,27H,20H2,1-5H3/b19-17+. The van der Waals surface area contributed by atoms with Crippen molar-refractivity contribution in [3.63, 3.8) is 0 Å². The maximum absolute atomic E-state index is 12.4. The highest BCUT2D eigenvalue weighted by Gasteiger charge is 2.28. The van der Waals surface area contributed by atoms with Crippen LogP contribution in [0.2, 0.25) is 0 Å². The van der Waals surface area contributed by atoms with Gasteiger partial charge in [0.05, 0.1) is 5.69 Å². The lowest BCUT2D eigenvalue weighted by molar-refractivity contribution is 0.104. The first-order valence-corrected chi connectivity index (χ1v) is 10.9. The third kappa shape index (κ3) is 6.30. The second kappa shape index (κ2) is 10.3. The Bertz CT molecular complexity index is 1030. The molecule has 0 bridgehead atoms. The molecule has 0 radical (unpaired) electrons. The molecule has 0 aliphatic rings. The van der Waals surface area contributed by atoms with Gasteiger partial charge in [-0.25, -0.2) is 0 Å². The highest BCUT2D eigenvalue weighted by Crippen LogP contribution is 2.41. The van der Waals surface area contributed by atoms with Crippen LogP contribution in [0.1, 0.15) is 53.9 Å². The molecule has 0 aliphatic heterocycles. The van der Waals surface area contributed by atoms with Crippen molar-refractivity contribution in [2.75, 3.05) is 14.1 Å². The van der Waals surface area contributed by atoms with Crippen LogP contribution < -0.4 is 4.74 Å². The van der Waals surface area contributed by atoms with Crippen molar-refractivity contribution >= 4 is 5.78 Å². The predicted octanol–water partition coefficient (Wildman–Crippen LogP) is 6.10. The molecule has 32 heavy (non-hydrogen) atoms. The molecule has 1 aromatic heterocycles. The van der Waals surface area contributed by atoms with Crippen LogP contribution >= 0.6 is 0 Å². The lowest BCUT2D eigenvalue weighted by Gasteiger charge is -2.32. The number of aromatic nitrogens is 1. The smallest absolute Gasteiger partial charge is 0.187 e. The van der Waals surface area contributed by atoms with Crippen molar-refractivity contribution in [2.45, 2.75) is 33.3 Å². The number of hydrogen-bond acceptors (Lipinski definition) is 4. The molecule has 3 aromatic rings. The molecule has 0 N–H and O–H groups in total. The van der Waals surface area contributed by atoms with E-state index in [1.807, 2.05) is 61.5 Å². The van der Waals surface area contributed by atoms with Crippen molar-refractivity contribution in [2.24, 2.45) is 5.41 Å². The van der Waals surface area contributed by atoms with Crippen molar-refractivity contribution < 1.29 is 9.53 Å². The molecule has 0 aliphatic carbocycles. The number of benzene rings is 2. The number of carbonyl (C=O) groups excluding carboxylic acids is 1. The fourth-order valence-corrected chi connectivity index (χ4v) is 3.74. The van der Waals surface area contributed by atoms with Crippen LogP contribution in [0, 0.1) is 5.41 Å². The lowest BCUT2D eigenvalue weighted by Crippen LogP contribution is -2.19. The van der Waals surface area contributed by atoms with Gasteiger partial charge < -0.3 is 9.64 Å². The normalized spacial score (nSPS) is 12.5. The van der Waals surface area contributed by atoms with E-state index in [1.165, 1.54) is 11.1 Å². The summed E-state index contributed by atoms with van der Waals surface area (Å²) in [6.45, 7) is 7.16. The highest BCUT2D eigenvalue weighted by atomic mass is 16.5. The average Bonchev–Trinajstić information content (AvgIpc) is 2.77. The Labute approximate surface area is 191 Å². The minimum Gasteiger partial charge on any atom is -0.487 e. The van der Waals surface area contributed by atoms with Crippen LogP contribution in [0.4, 0.5) is 0 Å². The summed E-state index contributed by atoms with van der Waals surface area (Å²) < 4.78 is 5.89. The van der Waals surface area contributed by atoms with Gasteiger partial charge in [0.25, 0.3) is 0 Å². The summed E-state index contributed by atoms with van der Waals surface area (Å²) >= 11 is 0. The Morgan fingerprint density at radius 1 is 0.969 bits per heavy atom. The molecule has 4 nitrogen and oxygen atoms in total. The van der Waals surface area contributed by atoms with E-state index in [0.29, 0.717) is 12.2 Å². The number of nitrogens with zero attached hydrogens (tertiary/aromatic N) is 2. The third-order valence-electron chi connectivity index (χ3n) is 5.24. The Balaban J connectivity index is 1.77. The van der Waals surface area contributed by atoms with Crippen LogP contribution in [-0.2, 0) is 6.61 Å². The summed E-state index contributed by atoms with van der Waals surface area (Å²) in [6, 6.07) is 22.1. The van der Waals surface area contributed by atoms with Crippen molar-refractivity contribution in [1.29, 1.82) is 0 Å². The molecular formula is C28H32N2O2. The summed E-state index contributed by atoms with van der Waals surface area (Å²) in [6.07, 6.45) is 5.14. The first-order chi connectivity index (χ1) is 15.2. The molecule has 0 spiro atoms. The molecule has 2 aromatic carbocycles. The zero-order valence-corrected chi connectivity index (χ0v) is 19.6. The Kier molecular flexibility index (Phi) is 7.47. The van der Waals surface area contributed by atoms with E-state index < -0.39 is 0 Å². The fourth-order valence-electron chi connectivity index (χ4n) is 3.74. The van der Waals surface area contributed by atoms with Gasteiger partial charge in [0.15, 0.2) is 5.78 Å². The van der Waals surface area contributed by atoms with Crippen molar-refractivity contribution in [1.82, 2.24) is 9.88 Å². The maximum atomic E-state index is 12.4. The molecule has 1 unspecified atom stereocenters. The van der Waals surface area contributed by atoms with Gasteiger partial charge in [-0.1, -0.05) is 63.2 Å². The number of rotatable bonds is 8. The van der Waals surface area contributed by atoms with Crippen LogP contribution in [-0.4, -0.2) is 29.8 Å². The summed E-state index contributed by atoms with van der Waals surface area (Å²) in [4.78, 5) is 18.5. The molecule has 166 valence electrons. The second-order valence-corrected chi connectivity index (χ2v) is 9.24. The number of pyridine rings is 1. The van der Waals surface area contributed by atoms with Gasteiger partial charge >= 0.3 is 0 Å². The molecule has 0 saturated carbocycles. The Hall–Kier alpha value is -3.40. The monoisotopic (exact) mass is 428 g/mol. The van der Waals surface area contributed by atoms with Gasteiger partial charge in [-0.2, -0.15) is 0 Å². The van der Waals surface area contributed by atoms with Crippen molar-refractivity contribution in [3.8, 4) is 5.75 Å². The SMILES string of the molecule is CN(C)/C=C/C(=O)c1ccc(C(c2ccc(OCc3ccccn3)cc2)C(C)(C)C)cc1. The van der Waals surface area contributed by atoms with E-state index >= 15 is 0 Å². The molecule has 1 heterocycles. The van der Waals surface area contributed by atoms with Gasteiger partial charge in [0, 0.05) is 44.0 Å². The van der Waals surface area contributed by atoms with E-state index in [-0.39, 0.29) is 17.1 Å². The van der Waals surface area contributed by atoms with Crippen LogP contribution in [0.3, 0.4) is 0 Å². The van der Waals surface area contributed by atoms with Gasteiger partial charge in [-0.15, -0.1) is 0 Å². The molecule has 0 amide bonds. The molecule has 1 atom stereocenters. The van der Waals surface area contributed by atoms with Crippen LogP contribution in [0.15, 0.2) is 85.2 Å². The van der Waals surface area contributed by atoms with Gasteiger partial charge in [-0.3, -0.25) is 9.78 Å². The minimum atomic E-state index is 0.00645. The Morgan fingerprint density at radius 2 is 1.59 bits per heavy atom. The van der Waals surface area contributed by atoms with Crippen LogP contribution in [0.25, 0.3) is 0 Å². The van der Waals surface area contributed by atoms with Crippen LogP contribution in [0.5, 0.6) is 5.75 Å². The molecular weight excluding hydrogens is 396 g/mol. The quantitative estimate of drug-likeness (QED) is 0.321. The lowest BCUT2D eigenvalue weighted by atomic mass is 9.72. The number of ether oxygens (including phenoxy) is 1. The van der Waals surface area contributed by atoms with E-state index in [1.54, 1.807) is 18.5 Å².